The van der Waals surface area contributed by atoms with Crippen LogP contribution in [0, 0.1) is 0 Å². The van der Waals surface area contributed by atoms with Gasteiger partial charge in [0.2, 0.25) is 0 Å². The summed E-state index contributed by atoms with van der Waals surface area (Å²) in [6.45, 7) is 0. The molecule has 0 saturated heterocycles. The van der Waals surface area contributed by atoms with E-state index in [0.717, 1.165) is 55.8 Å². The number of benzene rings is 11. The first kappa shape index (κ1) is 41.2. The topological polar surface area (TPSA) is 21.3 Å². The molecule has 0 fully saturated rings. The molecule has 0 amide bonds. The van der Waals surface area contributed by atoms with Crippen LogP contribution < -0.4 is 25.6 Å². The standard InChI is InChI=1S/C66H46N2OSi/c1-5-18-50(19-6-1)68-62-29-15-13-27-61(62)66-58(28-17-30-63(66)68)48-34-39-52(40-35-48)67(51-37-32-47(33-38-51)49-36-45-60-59-26-14-16-31-64(59)69-65(60)46-49)53-41-43-57(44-42-53)70(54-20-7-2-8-21-54,55-22-9-3-10-23-55)56-24-11-4-12-25-56/h1-46H. The highest BCUT2D eigenvalue weighted by molar-refractivity contribution is 7.19. The van der Waals surface area contributed by atoms with Crippen molar-refractivity contribution in [3.8, 4) is 27.9 Å². The first-order valence-electron chi connectivity index (χ1n) is 24.0. The fourth-order valence-corrected chi connectivity index (χ4v) is 15.7. The van der Waals surface area contributed by atoms with E-state index in [1.165, 1.54) is 53.7 Å². The zero-order valence-electron chi connectivity index (χ0n) is 38.4. The van der Waals surface area contributed by atoms with E-state index in [-0.39, 0.29) is 0 Å². The molecule has 4 heteroatoms. The van der Waals surface area contributed by atoms with Crippen LogP contribution in [0.25, 0.3) is 71.7 Å². The van der Waals surface area contributed by atoms with Gasteiger partial charge >= 0.3 is 0 Å². The lowest BCUT2D eigenvalue weighted by Crippen LogP contribution is -2.74. The number of para-hydroxylation sites is 3. The molecule has 0 radical (unpaired) electrons. The van der Waals surface area contributed by atoms with Crippen molar-refractivity contribution in [2.75, 3.05) is 4.90 Å². The Bertz CT molecular complexity index is 3860. The number of hydrogen-bond acceptors (Lipinski definition) is 2. The van der Waals surface area contributed by atoms with E-state index in [1.807, 2.05) is 12.1 Å². The summed E-state index contributed by atoms with van der Waals surface area (Å²) in [5.41, 5.74) is 13.2. The van der Waals surface area contributed by atoms with Gasteiger partial charge in [0.05, 0.1) is 11.0 Å². The van der Waals surface area contributed by atoms with Crippen molar-refractivity contribution in [1.29, 1.82) is 0 Å². The quantitative estimate of drug-likeness (QED) is 0.101. The highest BCUT2D eigenvalue weighted by atomic mass is 28.3. The molecule has 3 nitrogen and oxygen atoms in total. The Hall–Kier alpha value is -8.96. The summed E-state index contributed by atoms with van der Waals surface area (Å²) >= 11 is 0. The second-order valence-corrected chi connectivity index (χ2v) is 21.8. The van der Waals surface area contributed by atoms with Crippen LogP contribution >= 0.6 is 0 Å². The normalized spacial score (nSPS) is 11.7. The highest BCUT2D eigenvalue weighted by Gasteiger charge is 2.41. The summed E-state index contributed by atoms with van der Waals surface area (Å²) in [4.78, 5) is 2.39. The molecular weight excluding hydrogens is 865 g/mol. The molecule has 0 aliphatic rings. The zero-order valence-corrected chi connectivity index (χ0v) is 39.4. The molecule has 0 unspecified atom stereocenters. The third-order valence-electron chi connectivity index (χ3n) is 14.2. The van der Waals surface area contributed by atoms with Gasteiger partial charge in [0.25, 0.3) is 0 Å². The van der Waals surface area contributed by atoms with Crippen LogP contribution in [0.3, 0.4) is 0 Å². The van der Waals surface area contributed by atoms with Gasteiger partial charge in [-0.25, -0.2) is 0 Å². The molecule has 13 rings (SSSR count). The Labute approximate surface area is 408 Å². The number of hydrogen-bond donors (Lipinski definition) is 0. The third-order valence-corrected chi connectivity index (χ3v) is 19.0. The van der Waals surface area contributed by atoms with Gasteiger partial charge in [-0.1, -0.05) is 200 Å². The molecule has 0 N–H and O–H groups in total. The molecule has 70 heavy (non-hydrogen) atoms. The van der Waals surface area contributed by atoms with Gasteiger partial charge in [0.15, 0.2) is 8.07 Å². The Kier molecular flexibility index (Phi) is 10.2. The van der Waals surface area contributed by atoms with Crippen LogP contribution in [0.1, 0.15) is 0 Å². The second kappa shape index (κ2) is 17.3. The minimum absolute atomic E-state index is 0.894. The molecule has 2 heterocycles. The predicted octanol–water partition coefficient (Wildman–Crippen LogP) is 14.9. The number of nitrogens with zero attached hydrogens (tertiary/aromatic N) is 2. The van der Waals surface area contributed by atoms with Crippen LogP contribution in [-0.2, 0) is 0 Å². The van der Waals surface area contributed by atoms with Crippen molar-refractivity contribution in [1.82, 2.24) is 4.57 Å². The van der Waals surface area contributed by atoms with E-state index in [9.17, 15) is 0 Å². The largest absolute Gasteiger partial charge is 0.456 e. The maximum Gasteiger partial charge on any atom is 0.179 e. The fraction of sp³-hybridized carbons (Fsp3) is 0. The Balaban J connectivity index is 0.942. The predicted molar refractivity (Wildman–Crippen MR) is 297 cm³/mol. The van der Waals surface area contributed by atoms with E-state index >= 15 is 0 Å². The van der Waals surface area contributed by atoms with Gasteiger partial charge in [0, 0.05) is 44.3 Å². The van der Waals surface area contributed by atoms with Crippen molar-refractivity contribution < 1.29 is 4.42 Å². The summed E-state index contributed by atoms with van der Waals surface area (Å²) in [6, 6.07) is 102. The second-order valence-electron chi connectivity index (χ2n) is 18.0. The summed E-state index contributed by atoms with van der Waals surface area (Å²) in [5, 5.41) is 10.1. The third kappa shape index (κ3) is 6.88. The van der Waals surface area contributed by atoms with Gasteiger partial charge < -0.3 is 13.9 Å². The van der Waals surface area contributed by atoms with E-state index < -0.39 is 8.07 Å². The number of anilines is 3. The van der Waals surface area contributed by atoms with Crippen LogP contribution in [0.15, 0.2) is 283 Å². The highest BCUT2D eigenvalue weighted by Crippen LogP contribution is 2.41. The smallest absolute Gasteiger partial charge is 0.179 e. The van der Waals surface area contributed by atoms with Crippen molar-refractivity contribution in [2.45, 2.75) is 0 Å². The van der Waals surface area contributed by atoms with Crippen molar-refractivity contribution >= 4 is 89.6 Å². The minimum atomic E-state index is -2.73. The van der Waals surface area contributed by atoms with Crippen molar-refractivity contribution in [2.24, 2.45) is 0 Å². The lowest BCUT2D eigenvalue weighted by molar-refractivity contribution is 0.669. The van der Waals surface area contributed by atoms with Crippen molar-refractivity contribution in [3.05, 3.63) is 279 Å². The SMILES string of the molecule is c1ccc(-n2c3ccccc3c3c(-c4ccc(N(c5ccc(-c6ccc7c(c6)oc6ccccc67)cc5)c5ccc([Si](c6ccccc6)(c6ccccc6)c6ccccc6)cc5)cc4)cccc32)cc1. The van der Waals surface area contributed by atoms with E-state index in [4.69, 9.17) is 4.42 Å². The number of furan rings is 1. The Morgan fingerprint density at radius 1 is 0.314 bits per heavy atom. The molecular formula is C66H46N2OSi. The Morgan fingerprint density at radius 2 is 0.771 bits per heavy atom. The summed E-state index contributed by atoms with van der Waals surface area (Å²) in [5.74, 6) is 0. The first-order valence-corrected chi connectivity index (χ1v) is 26.0. The number of fused-ring (bicyclic) bond motifs is 6. The molecule has 0 bridgehead atoms. The first-order chi connectivity index (χ1) is 34.7. The molecule has 0 atom stereocenters. The van der Waals surface area contributed by atoms with Gasteiger partial charge in [-0.2, -0.15) is 0 Å². The number of rotatable bonds is 10. The average Bonchev–Trinajstić information content (AvgIpc) is 3.99. The fourth-order valence-electron chi connectivity index (χ4n) is 11.0. The van der Waals surface area contributed by atoms with Gasteiger partial charge in [0.1, 0.15) is 11.2 Å². The molecule has 0 aliphatic heterocycles. The van der Waals surface area contributed by atoms with E-state index in [1.54, 1.807) is 0 Å². The molecule has 0 aliphatic carbocycles. The molecule has 0 spiro atoms. The monoisotopic (exact) mass is 910 g/mol. The van der Waals surface area contributed by atoms with Crippen LogP contribution in [0.2, 0.25) is 0 Å². The molecule has 2 aromatic heterocycles. The maximum absolute atomic E-state index is 6.31. The molecule has 13 aromatic rings. The Morgan fingerprint density at radius 3 is 1.39 bits per heavy atom. The van der Waals surface area contributed by atoms with Crippen LogP contribution in [-0.4, -0.2) is 12.6 Å². The minimum Gasteiger partial charge on any atom is -0.456 e. The summed E-state index contributed by atoms with van der Waals surface area (Å²) in [6.07, 6.45) is 0. The van der Waals surface area contributed by atoms with Crippen molar-refractivity contribution in [3.63, 3.8) is 0 Å². The van der Waals surface area contributed by atoms with Gasteiger partial charge in [-0.05, 0) is 122 Å². The lowest BCUT2D eigenvalue weighted by Gasteiger charge is -2.35. The molecule has 11 aromatic carbocycles. The van der Waals surface area contributed by atoms with E-state index in [2.05, 4.69) is 276 Å². The zero-order chi connectivity index (χ0) is 46.4. The molecule has 330 valence electrons. The molecule has 0 saturated carbocycles. The van der Waals surface area contributed by atoms with Crippen LogP contribution in [0.4, 0.5) is 17.1 Å². The lowest BCUT2D eigenvalue weighted by atomic mass is 9.99. The number of aromatic nitrogens is 1. The summed E-state index contributed by atoms with van der Waals surface area (Å²) in [7, 11) is -2.73. The van der Waals surface area contributed by atoms with Gasteiger partial charge in [-0.3, -0.25) is 0 Å². The average molecular weight is 911 g/mol. The van der Waals surface area contributed by atoms with E-state index in [0.29, 0.717) is 0 Å². The van der Waals surface area contributed by atoms with Crippen LogP contribution in [0.5, 0.6) is 0 Å². The summed E-state index contributed by atoms with van der Waals surface area (Å²) < 4.78 is 8.70. The maximum atomic E-state index is 6.31. The van der Waals surface area contributed by atoms with Gasteiger partial charge in [-0.15, -0.1) is 0 Å².